The van der Waals surface area contributed by atoms with E-state index >= 15 is 0 Å². The van der Waals surface area contributed by atoms with Gasteiger partial charge < -0.3 is 14.4 Å². The van der Waals surface area contributed by atoms with Crippen LogP contribution in [0.5, 0.6) is 11.5 Å². The minimum Gasteiger partial charge on any atom is -0.493 e. The molecule has 0 spiro atoms. The van der Waals surface area contributed by atoms with Crippen LogP contribution in [0.2, 0.25) is 0 Å². The molecule has 1 aromatic heterocycles. The zero-order chi connectivity index (χ0) is 20.1. The van der Waals surface area contributed by atoms with Gasteiger partial charge in [0.05, 0.1) is 20.8 Å². The zero-order valence-corrected chi connectivity index (χ0v) is 16.1. The number of rotatable bonds is 7. The highest BCUT2D eigenvalue weighted by Gasteiger charge is 2.22. The molecule has 0 aliphatic carbocycles. The van der Waals surface area contributed by atoms with E-state index < -0.39 is 0 Å². The SMILES string of the molecule is COc1cccc(CN(Cc2ccccc2F)C(=O)c2ccnn2C)c1OC. The van der Waals surface area contributed by atoms with Gasteiger partial charge in [-0.25, -0.2) is 4.39 Å². The van der Waals surface area contributed by atoms with Crippen molar-refractivity contribution in [2.75, 3.05) is 14.2 Å². The predicted octanol–water partition coefficient (Wildman–Crippen LogP) is 3.42. The van der Waals surface area contributed by atoms with E-state index in [-0.39, 0.29) is 24.8 Å². The second kappa shape index (κ2) is 8.56. The number of aryl methyl sites for hydroxylation is 1. The zero-order valence-electron chi connectivity index (χ0n) is 16.1. The summed E-state index contributed by atoms with van der Waals surface area (Å²) in [6.45, 7) is 0.329. The van der Waals surface area contributed by atoms with Crippen LogP contribution < -0.4 is 9.47 Å². The summed E-state index contributed by atoms with van der Waals surface area (Å²) in [5.74, 6) is 0.496. The van der Waals surface area contributed by atoms with Crippen LogP contribution in [0.4, 0.5) is 4.39 Å². The van der Waals surface area contributed by atoms with E-state index in [4.69, 9.17) is 9.47 Å². The summed E-state index contributed by atoms with van der Waals surface area (Å²) in [6.07, 6.45) is 1.56. The molecule has 0 fully saturated rings. The van der Waals surface area contributed by atoms with Crippen molar-refractivity contribution in [3.05, 3.63) is 77.4 Å². The Labute approximate surface area is 163 Å². The van der Waals surface area contributed by atoms with Gasteiger partial charge >= 0.3 is 0 Å². The van der Waals surface area contributed by atoms with Crippen molar-refractivity contribution in [1.29, 1.82) is 0 Å². The molecule has 3 aromatic rings. The van der Waals surface area contributed by atoms with Gasteiger partial charge in [0, 0.05) is 30.9 Å². The predicted molar refractivity (Wildman–Crippen MR) is 103 cm³/mol. The molecular formula is C21H22FN3O3. The average molecular weight is 383 g/mol. The lowest BCUT2D eigenvalue weighted by Gasteiger charge is -2.24. The number of para-hydroxylation sites is 1. The second-order valence-corrected chi connectivity index (χ2v) is 6.25. The molecule has 1 heterocycles. The second-order valence-electron chi connectivity index (χ2n) is 6.25. The van der Waals surface area contributed by atoms with Crippen molar-refractivity contribution in [3.63, 3.8) is 0 Å². The smallest absolute Gasteiger partial charge is 0.272 e. The van der Waals surface area contributed by atoms with Crippen molar-refractivity contribution in [1.82, 2.24) is 14.7 Å². The van der Waals surface area contributed by atoms with E-state index in [1.54, 1.807) is 62.7 Å². The Morgan fingerprint density at radius 2 is 1.75 bits per heavy atom. The average Bonchev–Trinajstić information content (AvgIpc) is 3.14. The summed E-state index contributed by atoms with van der Waals surface area (Å²) in [5, 5.41) is 4.06. The third kappa shape index (κ3) is 3.98. The quantitative estimate of drug-likeness (QED) is 0.627. The Morgan fingerprint density at radius 1 is 1.04 bits per heavy atom. The summed E-state index contributed by atoms with van der Waals surface area (Å²) in [7, 11) is 4.80. The van der Waals surface area contributed by atoms with Crippen LogP contribution in [0.3, 0.4) is 0 Å². The van der Waals surface area contributed by atoms with E-state index in [0.29, 0.717) is 22.8 Å². The molecule has 6 nitrogen and oxygen atoms in total. The number of hydrogen-bond acceptors (Lipinski definition) is 4. The van der Waals surface area contributed by atoms with Gasteiger partial charge in [0.15, 0.2) is 11.5 Å². The molecule has 0 bridgehead atoms. The van der Waals surface area contributed by atoms with Crippen LogP contribution in [0, 0.1) is 5.82 Å². The Balaban J connectivity index is 1.98. The van der Waals surface area contributed by atoms with Crippen LogP contribution in [0.25, 0.3) is 0 Å². The number of ether oxygens (including phenoxy) is 2. The Kier molecular flexibility index (Phi) is 5.93. The first-order chi connectivity index (χ1) is 13.5. The van der Waals surface area contributed by atoms with Crippen molar-refractivity contribution in [3.8, 4) is 11.5 Å². The third-order valence-corrected chi connectivity index (χ3v) is 4.49. The number of amides is 1. The normalized spacial score (nSPS) is 10.6. The van der Waals surface area contributed by atoms with Crippen molar-refractivity contribution < 1.29 is 18.7 Å². The standard InChI is InChI=1S/C21H22FN3O3/c1-24-18(11-12-23-24)21(26)25(13-15-7-4-5-9-17(15)22)14-16-8-6-10-19(27-2)20(16)28-3/h4-12H,13-14H2,1-3H3. The lowest BCUT2D eigenvalue weighted by atomic mass is 10.1. The molecule has 146 valence electrons. The number of carbonyl (C=O) groups is 1. The molecular weight excluding hydrogens is 361 g/mol. The van der Waals surface area contributed by atoms with Crippen molar-refractivity contribution in [2.45, 2.75) is 13.1 Å². The van der Waals surface area contributed by atoms with Crippen LogP contribution in [-0.2, 0) is 20.1 Å². The number of nitrogens with zero attached hydrogens (tertiary/aromatic N) is 3. The number of carbonyl (C=O) groups excluding carboxylic acids is 1. The van der Waals surface area contributed by atoms with Crippen LogP contribution in [0.15, 0.2) is 54.7 Å². The topological polar surface area (TPSA) is 56.6 Å². The maximum Gasteiger partial charge on any atom is 0.272 e. The number of halogens is 1. The minimum absolute atomic E-state index is 0.108. The molecule has 0 saturated heterocycles. The van der Waals surface area contributed by atoms with Crippen molar-refractivity contribution in [2.24, 2.45) is 7.05 Å². The highest BCUT2D eigenvalue weighted by Crippen LogP contribution is 2.32. The van der Waals surface area contributed by atoms with Gasteiger partial charge in [0.1, 0.15) is 11.5 Å². The highest BCUT2D eigenvalue weighted by molar-refractivity contribution is 5.92. The molecule has 0 aliphatic heterocycles. The molecule has 28 heavy (non-hydrogen) atoms. The molecule has 0 unspecified atom stereocenters. The Morgan fingerprint density at radius 3 is 2.39 bits per heavy atom. The van der Waals surface area contributed by atoms with Gasteiger partial charge in [-0.3, -0.25) is 9.48 Å². The Hall–Kier alpha value is -3.35. The molecule has 0 radical (unpaired) electrons. The number of benzene rings is 2. The van der Waals surface area contributed by atoms with Gasteiger partial charge in [-0.15, -0.1) is 0 Å². The fraction of sp³-hybridized carbons (Fsp3) is 0.238. The summed E-state index contributed by atoms with van der Waals surface area (Å²) >= 11 is 0. The lowest BCUT2D eigenvalue weighted by Crippen LogP contribution is -2.32. The number of methoxy groups -OCH3 is 2. The van der Waals surface area contributed by atoms with E-state index in [1.165, 1.54) is 10.7 Å². The largest absolute Gasteiger partial charge is 0.493 e. The minimum atomic E-state index is -0.358. The van der Waals surface area contributed by atoms with E-state index in [2.05, 4.69) is 5.10 Å². The van der Waals surface area contributed by atoms with Gasteiger partial charge in [-0.1, -0.05) is 30.3 Å². The summed E-state index contributed by atoms with van der Waals surface area (Å²) in [5.41, 5.74) is 1.60. The Bertz CT molecular complexity index is 971. The maximum absolute atomic E-state index is 14.2. The monoisotopic (exact) mass is 383 g/mol. The fourth-order valence-electron chi connectivity index (χ4n) is 3.06. The summed E-state index contributed by atoms with van der Waals surface area (Å²) in [4.78, 5) is 14.7. The highest BCUT2D eigenvalue weighted by atomic mass is 19.1. The summed E-state index contributed by atoms with van der Waals surface area (Å²) < 4.78 is 26.6. The van der Waals surface area contributed by atoms with E-state index in [1.807, 2.05) is 12.1 Å². The molecule has 3 rings (SSSR count). The first-order valence-electron chi connectivity index (χ1n) is 8.75. The molecule has 2 aromatic carbocycles. The number of aromatic nitrogens is 2. The lowest BCUT2D eigenvalue weighted by molar-refractivity contribution is 0.0715. The first kappa shape index (κ1) is 19.4. The van der Waals surface area contributed by atoms with Crippen LogP contribution in [0.1, 0.15) is 21.6 Å². The van der Waals surface area contributed by atoms with E-state index in [9.17, 15) is 9.18 Å². The van der Waals surface area contributed by atoms with Gasteiger partial charge in [0.2, 0.25) is 0 Å². The molecule has 1 amide bonds. The molecule has 0 N–H and O–H groups in total. The molecule has 0 aliphatic rings. The molecule has 0 atom stereocenters. The molecule has 7 heteroatoms. The summed E-state index contributed by atoms with van der Waals surface area (Å²) in [6, 6.07) is 13.5. The van der Waals surface area contributed by atoms with Crippen molar-refractivity contribution >= 4 is 5.91 Å². The first-order valence-corrected chi connectivity index (χ1v) is 8.75. The van der Waals surface area contributed by atoms with Gasteiger partial charge in [0.25, 0.3) is 5.91 Å². The van der Waals surface area contributed by atoms with Crippen LogP contribution in [-0.4, -0.2) is 34.8 Å². The molecule has 0 saturated carbocycles. The van der Waals surface area contributed by atoms with Gasteiger partial charge in [-0.2, -0.15) is 5.10 Å². The third-order valence-electron chi connectivity index (χ3n) is 4.49. The fourth-order valence-corrected chi connectivity index (χ4v) is 3.06. The van der Waals surface area contributed by atoms with Gasteiger partial charge in [-0.05, 0) is 18.2 Å². The number of hydrogen-bond donors (Lipinski definition) is 0. The van der Waals surface area contributed by atoms with Crippen LogP contribution >= 0.6 is 0 Å². The van der Waals surface area contributed by atoms with E-state index in [0.717, 1.165) is 5.56 Å². The maximum atomic E-state index is 14.2.